The van der Waals surface area contributed by atoms with Crippen molar-refractivity contribution < 1.29 is 9.53 Å². The number of carbonyl (C=O) groups excluding carboxylic acids is 1. The largest absolute Gasteiger partial charge is 0.494 e. The summed E-state index contributed by atoms with van der Waals surface area (Å²) in [6.45, 7) is 4.61. The van der Waals surface area contributed by atoms with E-state index in [-0.39, 0.29) is 5.78 Å². The predicted molar refractivity (Wildman–Crippen MR) is 80.0 cm³/mol. The first-order valence-electron chi connectivity index (χ1n) is 6.21. The van der Waals surface area contributed by atoms with Gasteiger partial charge in [-0.2, -0.15) is 0 Å². The molecule has 0 unspecified atom stereocenters. The summed E-state index contributed by atoms with van der Waals surface area (Å²) >= 11 is 1.52. The van der Waals surface area contributed by atoms with E-state index in [2.05, 4.69) is 0 Å². The van der Waals surface area contributed by atoms with Crippen molar-refractivity contribution in [2.75, 3.05) is 6.61 Å². The predicted octanol–water partition coefficient (Wildman–Crippen LogP) is 4.35. The fourth-order valence-corrected chi connectivity index (χ4v) is 2.45. The van der Waals surface area contributed by atoms with E-state index in [1.807, 2.05) is 56.3 Å². The molecule has 0 atom stereocenters. The van der Waals surface area contributed by atoms with Crippen LogP contribution in [0.2, 0.25) is 0 Å². The molecule has 1 heterocycles. The highest BCUT2D eigenvalue weighted by Crippen LogP contribution is 2.17. The van der Waals surface area contributed by atoms with Gasteiger partial charge in [0.25, 0.3) is 0 Å². The van der Waals surface area contributed by atoms with Crippen LogP contribution in [0.4, 0.5) is 0 Å². The minimum Gasteiger partial charge on any atom is -0.494 e. The third kappa shape index (κ3) is 3.80. The summed E-state index contributed by atoms with van der Waals surface area (Å²) in [6, 6.07) is 11.5. The first-order valence-corrected chi connectivity index (χ1v) is 7.02. The van der Waals surface area contributed by atoms with E-state index < -0.39 is 0 Å². The topological polar surface area (TPSA) is 26.3 Å². The summed E-state index contributed by atoms with van der Waals surface area (Å²) in [7, 11) is 0. The maximum Gasteiger partial charge on any atom is 0.195 e. The first kappa shape index (κ1) is 13.6. The van der Waals surface area contributed by atoms with Crippen molar-refractivity contribution in [1.29, 1.82) is 0 Å². The fraction of sp³-hybridized carbons (Fsp3) is 0.188. The van der Waals surface area contributed by atoms with Crippen molar-refractivity contribution >= 4 is 23.2 Å². The number of hydrogen-bond acceptors (Lipinski definition) is 3. The lowest BCUT2D eigenvalue weighted by Crippen LogP contribution is -1.91. The molecular formula is C16H16O2S. The molecule has 0 N–H and O–H groups in total. The third-order valence-corrected chi connectivity index (χ3v) is 3.62. The van der Waals surface area contributed by atoms with Crippen LogP contribution in [0.3, 0.4) is 0 Å². The highest BCUT2D eigenvalue weighted by molar-refractivity contribution is 7.14. The third-order valence-electron chi connectivity index (χ3n) is 2.60. The Labute approximate surface area is 117 Å². The number of thiophene rings is 1. The molecule has 0 saturated carbocycles. The summed E-state index contributed by atoms with van der Waals surface area (Å²) in [5.74, 6) is 0.895. The van der Waals surface area contributed by atoms with E-state index >= 15 is 0 Å². The summed E-state index contributed by atoms with van der Waals surface area (Å²) in [5, 5.41) is 0. The highest BCUT2D eigenvalue weighted by Gasteiger charge is 2.03. The zero-order valence-electron chi connectivity index (χ0n) is 11.1. The molecular weight excluding hydrogens is 256 g/mol. The van der Waals surface area contributed by atoms with Gasteiger partial charge in [-0.1, -0.05) is 18.2 Å². The molecule has 1 aromatic carbocycles. The number of rotatable bonds is 5. The molecule has 0 amide bonds. The van der Waals surface area contributed by atoms with Gasteiger partial charge >= 0.3 is 0 Å². The second-order valence-electron chi connectivity index (χ2n) is 4.11. The number of hydrogen-bond donors (Lipinski definition) is 0. The minimum absolute atomic E-state index is 0.0481. The zero-order chi connectivity index (χ0) is 13.7. The van der Waals surface area contributed by atoms with E-state index in [9.17, 15) is 4.79 Å². The summed E-state index contributed by atoms with van der Waals surface area (Å²) < 4.78 is 5.37. The Morgan fingerprint density at radius 2 is 1.95 bits per heavy atom. The molecule has 0 saturated heterocycles. The fourth-order valence-electron chi connectivity index (χ4n) is 1.66. The van der Waals surface area contributed by atoms with Gasteiger partial charge in [-0.3, -0.25) is 4.79 Å². The van der Waals surface area contributed by atoms with Crippen molar-refractivity contribution in [1.82, 2.24) is 0 Å². The van der Waals surface area contributed by atoms with Crippen molar-refractivity contribution in [3.05, 3.63) is 57.8 Å². The normalized spacial score (nSPS) is 10.8. The molecule has 0 fully saturated rings. The quantitative estimate of drug-likeness (QED) is 0.597. The van der Waals surface area contributed by atoms with Crippen LogP contribution in [0.5, 0.6) is 5.75 Å². The van der Waals surface area contributed by atoms with E-state index in [0.29, 0.717) is 6.61 Å². The number of ether oxygens (including phenoxy) is 1. The standard InChI is InChI=1S/C16H16O2S/c1-3-18-14-8-5-13(6-9-14)7-10-15(17)16-11-4-12(2)19-16/h4-11H,3H2,1-2H3/b10-7+. The first-order chi connectivity index (χ1) is 9.19. The lowest BCUT2D eigenvalue weighted by atomic mass is 10.2. The molecule has 19 heavy (non-hydrogen) atoms. The van der Waals surface area contributed by atoms with Crippen molar-refractivity contribution in [2.45, 2.75) is 13.8 Å². The van der Waals surface area contributed by atoms with Crippen LogP contribution >= 0.6 is 11.3 Å². The van der Waals surface area contributed by atoms with Crippen LogP contribution in [-0.2, 0) is 0 Å². The van der Waals surface area contributed by atoms with Crippen LogP contribution < -0.4 is 4.74 Å². The van der Waals surface area contributed by atoms with Crippen molar-refractivity contribution in [2.24, 2.45) is 0 Å². The average Bonchev–Trinajstić information content (AvgIpc) is 2.85. The Balaban J connectivity index is 2.03. The Morgan fingerprint density at radius 1 is 1.21 bits per heavy atom. The summed E-state index contributed by atoms with van der Waals surface area (Å²) in [4.78, 5) is 13.8. The van der Waals surface area contributed by atoms with E-state index in [1.54, 1.807) is 6.08 Å². The van der Waals surface area contributed by atoms with Crippen LogP contribution in [0.1, 0.15) is 27.0 Å². The van der Waals surface area contributed by atoms with E-state index in [4.69, 9.17) is 4.74 Å². The molecule has 98 valence electrons. The molecule has 0 bridgehead atoms. The number of benzene rings is 1. The van der Waals surface area contributed by atoms with Gasteiger partial charge in [0.1, 0.15) is 5.75 Å². The maximum absolute atomic E-state index is 11.9. The van der Waals surface area contributed by atoms with Gasteiger partial charge in [-0.15, -0.1) is 11.3 Å². The molecule has 1 aromatic heterocycles. The maximum atomic E-state index is 11.9. The Bertz CT molecular complexity index is 579. The lowest BCUT2D eigenvalue weighted by Gasteiger charge is -2.02. The van der Waals surface area contributed by atoms with Gasteiger partial charge in [0.15, 0.2) is 5.78 Å². The molecule has 0 aliphatic carbocycles. The Hall–Kier alpha value is -1.87. The Morgan fingerprint density at radius 3 is 2.53 bits per heavy atom. The molecule has 2 aromatic rings. The SMILES string of the molecule is CCOc1ccc(/C=C/C(=O)c2ccc(C)s2)cc1. The zero-order valence-corrected chi connectivity index (χ0v) is 11.9. The van der Waals surface area contributed by atoms with Gasteiger partial charge < -0.3 is 4.74 Å². The highest BCUT2D eigenvalue weighted by atomic mass is 32.1. The smallest absolute Gasteiger partial charge is 0.195 e. The van der Waals surface area contributed by atoms with Crippen LogP contribution in [0.25, 0.3) is 6.08 Å². The van der Waals surface area contributed by atoms with Crippen LogP contribution in [-0.4, -0.2) is 12.4 Å². The second kappa shape index (κ2) is 6.34. The van der Waals surface area contributed by atoms with Gasteiger partial charge in [-0.05, 0) is 49.8 Å². The molecule has 0 spiro atoms. The van der Waals surface area contributed by atoms with Crippen molar-refractivity contribution in [3.63, 3.8) is 0 Å². The number of carbonyl (C=O) groups is 1. The molecule has 0 radical (unpaired) electrons. The van der Waals surface area contributed by atoms with Gasteiger partial charge in [0.05, 0.1) is 11.5 Å². The Kier molecular flexibility index (Phi) is 4.53. The van der Waals surface area contributed by atoms with Crippen LogP contribution in [0.15, 0.2) is 42.5 Å². The summed E-state index contributed by atoms with van der Waals surface area (Å²) in [6.07, 6.45) is 3.44. The van der Waals surface area contributed by atoms with Crippen LogP contribution in [0, 0.1) is 6.92 Å². The monoisotopic (exact) mass is 272 g/mol. The number of allylic oxidation sites excluding steroid dienone is 1. The van der Waals surface area contributed by atoms with Gasteiger partial charge in [-0.25, -0.2) is 0 Å². The van der Waals surface area contributed by atoms with Gasteiger partial charge in [0.2, 0.25) is 0 Å². The molecule has 0 aliphatic rings. The molecule has 2 rings (SSSR count). The van der Waals surface area contributed by atoms with Crippen molar-refractivity contribution in [3.8, 4) is 5.75 Å². The number of ketones is 1. The van der Waals surface area contributed by atoms with Gasteiger partial charge in [0, 0.05) is 4.88 Å². The minimum atomic E-state index is 0.0481. The molecule has 2 nitrogen and oxygen atoms in total. The lowest BCUT2D eigenvalue weighted by molar-refractivity contribution is 0.105. The van der Waals surface area contributed by atoms with E-state index in [0.717, 1.165) is 21.1 Å². The molecule has 0 aliphatic heterocycles. The summed E-state index contributed by atoms with van der Waals surface area (Å²) in [5.41, 5.74) is 0.991. The number of aryl methyl sites for hydroxylation is 1. The average molecular weight is 272 g/mol. The molecule has 3 heteroatoms. The second-order valence-corrected chi connectivity index (χ2v) is 5.40. The van der Waals surface area contributed by atoms with E-state index in [1.165, 1.54) is 11.3 Å².